The van der Waals surface area contributed by atoms with Gasteiger partial charge in [-0.05, 0) is 50.9 Å². The number of halogens is 1. The first kappa shape index (κ1) is 24.3. The van der Waals surface area contributed by atoms with Crippen LogP contribution in [0.4, 0.5) is 27.4 Å². The van der Waals surface area contributed by atoms with Crippen LogP contribution in [-0.2, 0) is 4.79 Å². The Kier molecular flexibility index (Phi) is 6.78. The van der Waals surface area contributed by atoms with Crippen LogP contribution in [0.1, 0.15) is 6.42 Å². The Morgan fingerprint density at radius 2 is 2.05 bits per heavy atom. The molecule has 0 bridgehead atoms. The predicted molar refractivity (Wildman–Crippen MR) is 146 cm³/mol. The quantitative estimate of drug-likeness (QED) is 0.354. The zero-order valence-electron chi connectivity index (χ0n) is 20.8. The number of aromatic nitrogens is 3. The highest BCUT2D eigenvalue weighted by molar-refractivity contribution is 6.02. The Morgan fingerprint density at radius 1 is 1.19 bits per heavy atom. The number of likely N-dealkylation sites (N-methyl/N-ethyl adjacent to an activating group) is 1. The predicted octanol–water partition coefficient (Wildman–Crippen LogP) is 4.84. The van der Waals surface area contributed by atoms with Crippen LogP contribution in [0, 0.1) is 5.82 Å². The minimum absolute atomic E-state index is 0.281. The molecule has 2 aromatic heterocycles. The topological polar surface area (TPSA) is 86.3 Å². The minimum atomic E-state index is -0.411. The first-order valence-corrected chi connectivity index (χ1v) is 12.0. The van der Waals surface area contributed by atoms with E-state index in [2.05, 4.69) is 51.1 Å². The number of para-hydroxylation sites is 1. The molecule has 0 radical (unpaired) electrons. The van der Waals surface area contributed by atoms with Crippen LogP contribution in [0.2, 0.25) is 0 Å². The van der Waals surface area contributed by atoms with Crippen LogP contribution < -0.4 is 15.5 Å². The molecule has 4 aromatic rings. The van der Waals surface area contributed by atoms with Crippen molar-refractivity contribution >= 4 is 39.8 Å². The van der Waals surface area contributed by atoms with Gasteiger partial charge in [0.1, 0.15) is 5.82 Å². The molecule has 0 aliphatic carbocycles. The molecule has 8 nitrogen and oxygen atoms in total. The average Bonchev–Trinajstić information content (AvgIpc) is 3.39. The molecule has 5 rings (SSSR count). The van der Waals surface area contributed by atoms with Crippen molar-refractivity contribution < 1.29 is 9.18 Å². The van der Waals surface area contributed by atoms with E-state index in [0.717, 1.165) is 41.8 Å². The van der Waals surface area contributed by atoms with Crippen molar-refractivity contribution in [3.8, 4) is 11.1 Å². The molecule has 1 amide bonds. The summed E-state index contributed by atoms with van der Waals surface area (Å²) in [6.45, 7) is 5.36. The molecule has 1 unspecified atom stereocenters. The summed E-state index contributed by atoms with van der Waals surface area (Å²) in [5.74, 6) is -0.310. The summed E-state index contributed by atoms with van der Waals surface area (Å²) >= 11 is 0. The fraction of sp³-hybridized carbons (Fsp3) is 0.214. The smallest absolute Gasteiger partial charge is 0.247 e. The highest BCUT2D eigenvalue weighted by Crippen LogP contribution is 2.34. The second-order valence-corrected chi connectivity index (χ2v) is 9.23. The number of benzene rings is 2. The lowest BCUT2D eigenvalue weighted by molar-refractivity contribution is -0.111. The maximum absolute atomic E-state index is 13.8. The van der Waals surface area contributed by atoms with Crippen LogP contribution in [0.5, 0.6) is 0 Å². The van der Waals surface area contributed by atoms with Gasteiger partial charge < -0.3 is 20.4 Å². The summed E-state index contributed by atoms with van der Waals surface area (Å²) in [6.07, 6.45) is 6.81. The van der Waals surface area contributed by atoms with Gasteiger partial charge in [0.15, 0.2) is 0 Å². The van der Waals surface area contributed by atoms with Crippen molar-refractivity contribution in [1.29, 1.82) is 0 Å². The Balaban J connectivity index is 1.47. The third-order valence-electron chi connectivity index (χ3n) is 6.56. The lowest BCUT2D eigenvalue weighted by Gasteiger charge is -2.24. The first-order chi connectivity index (χ1) is 17.9. The van der Waals surface area contributed by atoms with Crippen molar-refractivity contribution in [3.05, 3.63) is 79.5 Å². The first-order valence-electron chi connectivity index (χ1n) is 12.0. The molecular formula is C28H28FN7O. The van der Waals surface area contributed by atoms with Gasteiger partial charge in [0.05, 0.1) is 23.1 Å². The molecule has 1 fully saturated rings. The molecule has 9 heteroatoms. The number of carbonyl (C=O) groups excluding carboxylic acids is 1. The number of pyridine rings is 1. The minimum Gasteiger partial charge on any atom is -0.368 e. The lowest BCUT2D eigenvalue weighted by atomic mass is 10.0. The molecule has 0 saturated carbocycles. The molecule has 1 aliphatic rings. The van der Waals surface area contributed by atoms with Crippen molar-refractivity contribution in [2.75, 3.05) is 42.7 Å². The van der Waals surface area contributed by atoms with Gasteiger partial charge >= 0.3 is 0 Å². The van der Waals surface area contributed by atoms with Gasteiger partial charge in [0, 0.05) is 53.7 Å². The fourth-order valence-electron chi connectivity index (χ4n) is 4.59. The van der Waals surface area contributed by atoms with Crippen LogP contribution in [0.15, 0.2) is 73.7 Å². The number of anilines is 4. The van der Waals surface area contributed by atoms with Crippen molar-refractivity contribution in [2.45, 2.75) is 12.5 Å². The number of amides is 1. The monoisotopic (exact) mass is 497 g/mol. The maximum atomic E-state index is 13.8. The van der Waals surface area contributed by atoms with Gasteiger partial charge in [0.2, 0.25) is 11.9 Å². The van der Waals surface area contributed by atoms with Crippen LogP contribution in [-0.4, -0.2) is 59.0 Å². The summed E-state index contributed by atoms with van der Waals surface area (Å²) < 4.78 is 13.8. The van der Waals surface area contributed by atoms with Crippen LogP contribution in [0.3, 0.4) is 0 Å². The van der Waals surface area contributed by atoms with Crippen molar-refractivity contribution in [1.82, 2.24) is 19.9 Å². The van der Waals surface area contributed by atoms with E-state index >= 15 is 0 Å². The maximum Gasteiger partial charge on any atom is 0.247 e. The Morgan fingerprint density at radius 3 is 2.81 bits per heavy atom. The van der Waals surface area contributed by atoms with Crippen LogP contribution >= 0.6 is 0 Å². The lowest BCUT2D eigenvalue weighted by Crippen LogP contribution is -2.31. The van der Waals surface area contributed by atoms with E-state index in [9.17, 15) is 9.18 Å². The zero-order chi connectivity index (χ0) is 25.9. The highest BCUT2D eigenvalue weighted by atomic mass is 19.1. The molecule has 188 valence electrons. The summed E-state index contributed by atoms with van der Waals surface area (Å²) in [6, 6.07) is 13.4. The van der Waals surface area contributed by atoms with Crippen molar-refractivity contribution in [2.24, 2.45) is 0 Å². The molecule has 1 saturated heterocycles. The van der Waals surface area contributed by atoms with E-state index in [1.54, 1.807) is 12.4 Å². The zero-order valence-corrected chi connectivity index (χ0v) is 20.8. The summed E-state index contributed by atoms with van der Waals surface area (Å²) in [5, 5.41) is 7.01. The largest absolute Gasteiger partial charge is 0.368 e. The Hall–Kier alpha value is -4.37. The van der Waals surface area contributed by atoms with Gasteiger partial charge in [-0.1, -0.05) is 24.8 Å². The molecule has 2 aromatic carbocycles. The molecule has 1 aliphatic heterocycles. The second kappa shape index (κ2) is 10.3. The number of rotatable bonds is 7. The molecule has 3 heterocycles. The highest BCUT2D eigenvalue weighted by Gasteiger charge is 2.26. The molecular weight excluding hydrogens is 469 g/mol. The van der Waals surface area contributed by atoms with Crippen LogP contribution in [0.25, 0.3) is 22.0 Å². The summed E-state index contributed by atoms with van der Waals surface area (Å²) in [5.41, 5.74) is 4.42. The van der Waals surface area contributed by atoms with E-state index < -0.39 is 5.82 Å². The molecule has 37 heavy (non-hydrogen) atoms. The Bertz CT molecular complexity index is 1470. The Labute approximate surface area is 214 Å². The molecule has 0 spiro atoms. The van der Waals surface area contributed by atoms with Gasteiger partial charge in [-0.15, -0.1) is 0 Å². The van der Waals surface area contributed by atoms with E-state index in [4.69, 9.17) is 4.98 Å². The van der Waals surface area contributed by atoms with Gasteiger partial charge in [-0.2, -0.15) is 0 Å². The summed E-state index contributed by atoms with van der Waals surface area (Å²) in [4.78, 5) is 29.9. The van der Waals surface area contributed by atoms with E-state index in [-0.39, 0.29) is 5.91 Å². The van der Waals surface area contributed by atoms with Gasteiger partial charge in [0.25, 0.3) is 0 Å². The van der Waals surface area contributed by atoms with E-state index in [1.807, 2.05) is 36.4 Å². The SMILES string of the molecule is C=CC(=O)Nc1cc(Nc2ncc3cccc(-c4cncc(F)c4)c3n2)ccc1N1CCC(N(C)C)C1. The normalized spacial score (nSPS) is 15.2. The molecule has 2 N–H and O–H groups in total. The fourth-order valence-corrected chi connectivity index (χ4v) is 4.59. The summed E-state index contributed by atoms with van der Waals surface area (Å²) in [7, 11) is 4.17. The number of carbonyl (C=O) groups is 1. The van der Waals surface area contributed by atoms with E-state index in [0.29, 0.717) is 28.8 Å². The third kappa shape index (κ3) is 5.26. The number of hydrogen-bond donors (Lipinski definition) is 2. The number of nitrogens with one attached hydrogen (secondary N) is 2. The third-order valence-corrected chi connectivity index (χ3v) is 6.56. The standard InChI is InChI=1S/C28H28FN7O/c1-4-26(37)33-24-13-21(8-9-25(24)36-11-10-22(17-36)35(2)3)32-28-31-15-18-6-5-7-23(27(18)34-28)19-12-20(29)16-30-14-19/h4-9,12-16,22H,1,10-11,17H2,2-3H3,(H,33,37)(H,31,32,34). The number of nitrogens with zero attached hydrogens (tertiary/aromatic N) is 5. The molecule has 1 atom stereocenters. The van der Waals surface area contributed by atoms with Gasteiger partial charge in [-0.25, -0.2) is 14.4 Å². The number of fused-ring (bicyclic) bond motifs is 1. The van der Waals surface area contributed by atoms with E-state index in [1.165, 1.54) is 18.3 Å². The van der Waals surface area contributed by atoms with Gasteiger partial charge in [-0.3, -0.25) is 9.78 Å². The van der Waals surface area contributed by atoms with Crippen molar-refractivity contribution in [3.63, 3.8) is 0 Å². The average molecular weight is 498 g/mol. The number of hydrogen-bond acceptors (Lipinski definition) is 7. The second-order valence-electron chi connectivity index (χ2n) is 9.23.